The van der Waals surface area contributed by atoms with Gasteiger partial charge in [0.15, 0.2) is 5.15 Å². The first-order chi connectivity index (χ1) is 4.74. The monoisotopic (exact) mass is 220 g/mol. The van der Waals surface area contributed by atoms with E-state index in [0.29, 0.717) is 16.2 Å². The fourth-order valence-electron chi connectivity index (χ4n) is 0.557. The van der Waals surface area contributed by atoms with Gasteiger partial charge in [0.05, 0.1) is 11.4 Å². The Morgan fingerprint density at radius 2 is 2.30 bits per heavy atom. The van der Waals surface area contributed by atoms with Crippen molar-refractivity contribution in [2.24, 2.45) is 0 Å². The number of anilines is 1. The minimum absolute atomic E-state index is 0.372. The van der Waals surface area contributed by atoms with Gasteiger partial charge < -0.3 is 5.73 Å². The highest BCUT2D eigenvalue weighted by Crippen LogP contribution is 2.16. The lowest BCUT2D eigenvalue weighted by molar-refractivity contribution is 1.19. The molecule has 0 saturated heterocycles. The number of hydrogen-bond donors (Lipinski definition) is 1. The van der Waals surface area contributed by atoms with E-state index in [-0.39, 0.29) is 0 Å². The molecule has 0 spiro atoms. The Hall–Kier alpha value is -0.280. The SMILES string of the molecule is Nc1ccc(CBr)nc1Cl. The molecule has 1 aromatic heterocycles. The van der Waals surface area contributed by atoms with Crippen LogP contribution >= 0.6 is 27.5 Å². The molecule has 10 heavy (non-hydrogen) atoms. The summed E-state index contributed by atoms with van der Waals surface area (Å²) < 4.78 is 0. The third-order valence-corrected chi connectivity index (χ3v) is 1.95. The van der Waals surface area contributed by atoms with E-state index >= 15 is 0 Å². The molecule has 0 fully saturated rings. The lowest BCUT2D eigenvalue weighted by atomic mass is 10.3. The fraction of sp³-hybridized carbons (Fsp3) is 0.167. The molecule has 0 saturated carbocycles. The molecular weight excluding hydrogens is 215 g/mol. The summed E-state index contributed by atoms with van der Waals surface area (Å²) in [6, 6.07) is 3.57. The zero-order valence-corrected chi connectivity index (χ0v) is 7.48. The summed E-state index contributed by atoms with van der Waals surface area (Å²) in [6.07, 6.45) is 0. The number of nitrogens with zero attached hydrogens (tertiary/aromatic N) is 1. The summed E-state index contributed by atoms with van der Waals surface area (Å²) >= 11 is 8.89. The summed E-state index contributed by atoms with van der Waals surface area (Å²) in [5.41, 5.74) is 6.84. The van der Waals surface area contributed by atoms with E-state index in [0.717, 1.165) is 5.69 Å². The number of rotatable bonds is 1. The van der Waals surface area contributed by atoms with Crippen molar-refractivity contribution in [1.82, 2.24) is 4.98 Å². The maximum absolute atomic E-state index is 5.64. The van der Waals surface area contributed by atoms with E-state index in [4.69, 9.17) is 17.3 Å². The maximum Gasteiger partial charge on any atom is 0.152 e. The maximum atomic E-state index is 5.64. The van der Waals surface area contributed by atoms with Crippen molar-refractivity contribution in [3.05, 3.63) is 23.0 Å². The number of aromatic nitrogens is 1. The van der Waals surface area contributed by atoms with Gasteiger partial charge in [-0.2, -0.15) is 0 Å². The Morgan fingerprint density at radius 1 is 1.60 bits per heavy atom. The largest absolute Gasteiger partial charge is 0.396 e. The van der Waals surface area contributed by atoms with Gasteiger partial charge in [-0.05, 0) is 12.1 Å². The Morgan fingerprint density at radius 3 is 2.80 bits per heavy atom. The molecule has 2 N–H and O–H groups in total. The van der Waals surface area contributed by atoms with Crippen LogP contribution in [0.2, 0.25) is 5.15 Å². The molecule has 0 aromatic carbocycles. The second-order valence-corrected chi connectivity index (χ2v) is 2.74. The topological polar surface area (TPSA) is 38.9 Å². The first-order valence-electron chi connectivity index (χ1n) is 2.71. The van der Waals surface area contributed by atoms with Crippen molar-refractivity contribution in [2.75, 3.05) is 5.73 Å². The van der Waals surface area contributed by atoms with Crippen LogP contribution in [-0.2, 0) is 5.33 Å². The van der Waals surface area contributed by atoms with E-state index in [1.807, 2.05) is 6.07 Å². The van der Waals surface area contributed by atoms with E-state index < -0.39 is 0 Å². The van der Waals surface area contributed by atoms with Crippen molar-refractivity contribution in [1.29, 1.82) is 0 Å². The minimum atomic E-state index is 0.372. The van der Waals surface area contributed by atoms with Gasteiger partial charge in [0.25, 0.3) is 0 Å². The molecule has 1 heterocycles. The zero-order valence-electron chi connectivity index (χ0n) is 5.14. The van der Waals surface area contributed by atoms with E-state index in [9.17, 15) is 0 Å². The van der Waals surface area contributed by atoms with Gasteiger partial charge in [0, 0.05) is 5.33 Å². The summed E-state index contributed by atoms with van der Waals surface area (Å²) in [7, 11) is 0. The number of pyridine rings is 1. The normalized spacial score (nSPS) is 9.80. The van der Waals surface area contributed by atoms with Crippen LogP contribution in [0, 0.1) is 0 Å². The molecule has 1 rings (SSSR count). The highest BCUT2D eigenvalue weighted by atomic mass is 79.9. The molecule has 4 heteroatoms. The molecule has 0 aliphatic heterocycles. The van der Waals surface area contributed by atoms with E-state index in [1.54, 1.807) is 6.07 Å². The molecule has 2 nitrogen and oxygen atoms in total. The average molecular weight is 221 g/mol. The average Bonchev–Trinajstić information content (AvgIpc) is 1.95. The predicted molar refractivity (Wildman–Crippen MR) is 46.3 cm³/mol. The van der Waals surface area contributed by atoms with E-state index in [1.165, 1.54) is 0 Å². The zero-order chi connectivity index (χ0) is 7.56. The van der Waals surface area contributed by atoms with Crippen LogP contribution in [0.3, 0.4) is 0 Å². The highest BCUT2D eigenvalue weighted by Gasteiger charge is 1.97. The van der Waals surface area contributed by atoms with Gasteiger partial charge >= 0.3 is 0 Å². The smallest absolute Gasteiger partial charge is 0.152 e. The van der Waals surface area contributed by atoms with Crippen LogP contribution in [-0.4, -0.2) is 4.98 Å². The molecule has 0 atom stereocenters. The third-order valence-electron chi connectivity index (χ3n) is 1.07. The minimum Gasteiger partial charge on any atom is -0.396 e. The Balaban J connectivity index is 3.04. The number of alkyl halides is 1. The summed E-state index contributed by atoms with van der Waals surface area (Å²) in [5, 5.41) is 1.07. The van der Waals surface area contributed by atoms with Crippen LogP contribution in [0.15, 0.2) is 12.1 Å². The van der Waals surface area contributed by atoms with Gasteiger partial charge in [-0.15, -0.1) is 0 Å². The van der Waals surface area contributed by atoms with E-state index in [2.05, 4.69) is 20.9 Å². The van der Waals surface area contributed by atoms with Crippen molar-refractivity contribution < 1.29 is 0 Å². The van der Waals surface area contributed by atoms with Crippen LogP contribution in [0.25, 0.3) is 0 Å². The number of nitrogens with two attached hydrogens (primary N) is 1. The van der Waals surface area contributed by atoms with Crippen molar-refractivity contribution >= 4 is 33.2 Å². The van der Waals surface area contributed by atoms with Gasteiger partial charge in [-0.25, -0.2) is 4.98 Å². The highest BCUT2D eigenvalue weighted by molar-refractivity contribution is 9.08. The number of nitrogen functional groups attached to an aromatic ring is 1. The lowest BCUT2D eigenvalue weighted by Gasteiger charge is -1.97. The number of halogens is 2. The van der Waals surface area contributed by atoms with Crippen LogP contribution in [0.4, 0.5) is 5.69 Å². The second-order valence-electron chi connectivity index (χ2n) is 1.82. The van der Waals surface area contributed by atoms with Crippen LogP contribution in [0.5, 0.6) is 0 Å². The summed E-state index contributed by atoms with van der Waals surface area (Å²) in [6.45, 7) is 0. The standard InChI is InChI=1S/C6H6BrClN2/c7-3-4-1-2-5(9)6(8)10-4/h1-2H,3,9H2. The molecule has 0 unspecified atom stereocenters. The van der Waals surface area contributed by atoms with Crippen molar-refractivity contribution in [3.63, 3.8) is 0 Å². The Bertz CT molecular complexity index is 239. The van der Waals surface area contributed by atoms with Gasteiger partial charge in [0.2, 0.25) is 0 Å². The molecule has 0 radical (unpaired) electrons. The van der Waals surface area contributed by atoms with Gasteiger partial charge in [-0.3, -0.25) is 0 Å². The summed E-state index contributed by atoms with van der Waals surface area (Å²) in [4.78, 5) is 3.98. The third kappa shape index (κ3) is 1.61. The lowest BCUT2D eigenvalue weighted by Crippen LogP contribution is -1.91. The second kappa shape index (κ2) is 3.21. The first kappa shape index (κ1) is 7.82. The molecule has 54 valence electrons. The van der Waals surface area contributed by atoms with Gasteiger partial charge in [0.1, 0.15) is 0 Å². The van der Waals surface area contributed by atoms with Gasteiger partial charge in [-0.1, -0.05) is 27.5 Å². The Labute approximate surface area is 72.5 Å². The first-order valence-corrected chi connectivity index (χ1v) is 4.21. The van der Waals surface area contributed by atoms with Crippen molar-refractivity contribution in [2.45, 2.75) is 5.33 Å². The molecular formula is C6H6BrClN2. The molecule has 0 bridgehead atoms. The predicted octanol–water partition coefficient (Wildman–Crippen LogP) is 2.21. The molecule has 1 aromatic rings. The van der Waals surface area contributed by atoms with Crippen molar-refractivity contribution in [3.8, 4) is 0 Å². The fourth-order valence-corrected chi connectivity index (χ4v) is 1.04. The van der Waals surface area contributed by atoms with Crippen LogP contribution < -0.4 is 5.73 Å². The number of hydrogen-bond acceptors (Lipinski definition) is 2. The molecule has 0 aliphatic rings. The van der Waals surface area contributed by atoms with Crippen LogP contribution in [0.1, 0.15) is 5.69 Å². The molecule has 0 amide bonds. The molecule has 0 aliphatic carbocycles. The quantitative estimate of drug-likeness (QED) is 0.583. The Kier molecular flexibility index (Phi) is 2.51. The summed E-state index contributed by atoms with van der Waals surface area (Å²) in [5.74, 6) is 0.